The molecule has 226 valence electrons. The summed E-state index contributed by atoms with van der Waals surface area (Å²) in [6.45, 7) is 3.41. The molecule has 41 heavy (non-hydrogen) atoms. The normalized spacial score (nSPS) is 20.0. The van der Waals surface area contributed by atoms with Crippen molar-refractivity contribution < 1.29 is 45.3 Å². The first-order valence-electron chi connectivity index (χ1n) is 12.7. The molecule has 0 aliphatic heterocycles. The standard InChI is InChI=1S/C25H29F3N4O4.CH4O3S/c1-24(2)9-18-22(19(33)10-24)15(25(26,27)28)12-32(18)13-6-7-14(23(30)35)17(8-13)31-16-4-3-5-20(16)36-21(34)11-29;1-5(2,3)4/h6-8,12,16,20,31H,3-5,9-11,29H2,1-2H3,(H2,30,35);1H3,(H,2,3,4). The maximum absolute atomic E-state index is 13.9. The van der Waals surface area contributed by atoms with Gasteiger partial charge in [-0.25, -0.2) is 0 Å². The summed E-state index contributed by atoms with van der Waals surface area (Å²) in [5.41, 5.74) is 10.2. The summed E-state index contributed by atoms with van der Waals surface area (Å²) in [6, 6.07) is 4.13. The van der Waals surface area contributed by atoms with Gasteiger partial charge in [0.05, 0.1) is 35.5 Å². The molecule has 2 aromatic rings. The Labute approximate surface area is 235 Å². The smallest absolute Gasteiger partial charge is 0.418 e. The number of halogens is 3. The lowest BCUT2D eigenvalue weighted by molar-refractivity contribution is -0.147. The summed E-state index contributed by atoms with van der Waals surface area (Å²) in [7, 11) is -3.67. The zero-order valence-electron chi connectivity index (χ0n) is 22.7. The average Bonchev–Trinajstić information content (AvgIpc) is 3.41. The minimum Gasteiger partial charge on any atom is -0.459 e. The van der Waals surface area contributed by atoms with Crippen LogP contribution in [0.15, 0.2) is 24.4 Å². The number of rotatable bonds is 6. The van der Waals surface area contributed by atoms with Crippen molar-refractivity contribution in [3.63, 3.8) is 0 Å². The van der Waals surface area contributed by atoms with Gasteiger partial charge in [-0.3, -0.25) is 18.9 Å². The number of amides is 1. The SMILES string of the molecule is CC1(C)CC(=O)c2c(C(F)(F)F)cn(-c3ccc(C(N)=O)c(NC4CCCC4OC(=O)CN)c3)c2C1.CS(=O)(=O)O. The zero-order valence-corrected chi connectivity index (χ0v) is 23.6. The number of aromatic nitrogens is 1. The van der Waals surface area contributed by atoms with Gasteiger partial charge in [0, 0.05) is 29.7 Å². The highest BCUT2D eigenvalue weighted by Crippen LogP contribution is 2.43. The van der Waals surface area contributed by atoms with Crippen LogP contribution in [0.25, 0.3) is 5.69 Å². The van der Waals surface area contributed by atoms with E-state index >= 15 is 0 Å². The van der Waals surface area contributed by atoms with Crippen LogP contribution in [0, 0.1) is 5.41 Å². The average molecular weight is 603 g/mol. The number of nitrogens with two attached hydrogens (primary N) is 2. The number of carbonyl (C=O) groups is 3. The van der Waals surface area contributed by atoms with Crippen LogP contribution >= 0.6 is 0 Å². The van der Waals surface area contributed by atoms with Gasteiger partial charge in [0.1, 0.15) is 6.10 Å². The first kappa shape index (κ1) is 32.1. The molecule has 0 bridgehead atoms. The topological polar surface area (TPSA) is 184 Å². The van der Waals surface area contributed by atoms with Gasteiger partial charge < -0.3 is 26.1 Å². The Morgan fingerprint density at radius 2 is 1.85 bits per heavy atom. The van der Waals surface area contributed by atoms with Gasteiger partial charge in [-0.15, -0.1) is 0 Å². The molecule has 2 aliphatic rings. The van der Waals surface area contributed by atoms with E-state index in [2.05, 4.69) is 5.32 Å². The molecular formula is C26H33F3N4O7S. The van der Waals surface area contributed by atoms with Crippen molar-refractivity contribution in [3.8, 4) is 5.69 Å². The number of fused-ring (bicyclic) bond motifs is 1. The lowest BCUT2D eigenvalue weighted by atomic mass is 9.75. The van der Waals surface area contributed by atoms with Crippen molar-refractivity contribution in [1.29, 1.82) is 0 Å². The molecule has 1 aromatic heterocycles. The highest BCUT2D eigenvalue weighted by Gasteiger charge is 2.43. The summed E-state index contributed by atoms with van der Waals surface area (Å²) < 4.78 is 74.3. The number of hydrogen-bond acceptors (Lipinski definition) is 8. The Morgan fingerprint density at radius 1 is 1.22 bits per heavy atom. The van der Waals surface area contributed by atoms with Crippen LogP contribution in [0.1, 0.15) is 71.5 Å². The van der Waals surface area contributed by atoms with Crippen LogP contribution in [0.4, 0.5) is 18.9 Å². The number of ether oxygens (including phenoxy) is 1. The lowest BCUT2D eigenvalue weighted by Gasteiger charge is -2.30. The molecular weight excluding hydrogens is 569 g/mol. The van der Waals surface area contributed by atoms with Crippen LogP contribution < -0.4 is 16.8 Å². The number of nitrogens with one attached hydrogen (secondary N) is 1. The van der Waals surface area contributed by atoms with Gasteiger partial charge in [0.2, 0.25) is 0 Å². The van der Waals surface area contributed by atoms with Gasteiger partial charge in [-0.05, 0) is 49.3 Å². The van der Waals surface area contributed by atoms with Gasteiger partial charge >= 0.3 is 12.1 Å². The maximum atomic E-state index is 13.9. The lowest BCUT2D eigenvalue weighted by Crippen LogP contribution is -2.35. The van der Waals surface area contributed by atoms with Crippen LogP contribution in [-0.2, 0) is 32.2 Å². The molecule has 0 saturated heterocycles. The quantitative estimate of drug-likeness (QED) is 0.285. The van der Waals surface area contributed by atoms with Gasteiger partial charge in [0.25, 0.3) is 16.0 Å². The van der Waals surface area contributed by atoms with Crippen LogP contribution in [0.2, 0.25) is 0 Å². The minimum atomic E-state index is -4.70. The first-order chi connectivity index (χ1) is 18.8. The molecule has 2 atom stereocenters. The van der Waals surface area contributed by atoms with E-state index in [4.69, 9.17) is 20.8 Å². The van der Waals surface area contributed by atoms with Crippen molar-refractivity contribution in [2.75, 3.05) is 18.1 Å². The molecule has 1 saturated carbocycles. The number of carbonyl (C=O) groups excluding carboxylic acids is 3. The molecule has 0 radical (unpaired) electrons. The maximum Gasteiger partial charge on any atom is 0.418 e. The summed E-state index contributed by atoms with van der Waals surface area (Å²) in [6.07, 6.45) is -1.22. The molecule has 2 aliphatic carbocycles. The molecule has 0 spiro atoms. The molecule has 15 heteroatoms. The van der Waals surface area contributed by atoms with Crippen LogP contribution in [0.3, 0.4) is 0 Å². The van der Waals surface area contributed by atoms with Crippen molar-refractivity contribution in [1.82, 2.24) is 4.57 Å². The van der Waals surface area contributed by atoms with Crippen LogP contribution in [-0.4, -0.2) is 60.1 Å². The van der Waals surface area contributed by atoms with Gasteiger partial charge in [-0.1, -0.05) is 13.8 Å². The van der Waals surface area contributed by atoms with E-state index in [1.165, 1.54) is 22.8 Å². The van der Waals surface area contributed by atoms with Gasteiger partial charge in [0.15, 0.2) is 5.78 Å². The van der Waals surface area contributed by atoms with Crippen molar-refractivity contribution in [2.45, 2.75) is 64.3 Å². The molecule has 11 nitrogen and oxygen atoms in total. The van der Waals surface area contributed by atoms with E-state index in [9.17, 15) is 36.0 Å². The number of hydrogen-bond donors (Lipinski definition) is 4. The van der Waals surface area contributed by atoms with Gasteiger partial charge in [-0.2, -0.15) is 21.6 Å². The second kappa shape index (κ2) is 11.8. The third-order valence-electron chi connectivity index (χ3n) is 6.77. The molecule has 1 fully saturated rings. The molecule has 1 aromatic carbocycles. The second-order valence-electron chi connectivity index (χ2n) is 10.9. The Bertz CT molecular complexity index is 1440. The van der Waals surface area contributed by atoms with Crippen LogP contribution in [0.5, 0.6) is 0 Å². The van der Waals surface area contributed by atoms with E-state index in [1.807, 2.05) is 13.8 Å². The first-order valence-corrected chi connectivity index (χ1v) is 14.5. The monoisotopic (exact) mass is 602 g/mol. The van der Waals surface area contributed by atoms with Crippen molar-refractivity contribution in [2.24, 2.45) is 16.9 Å². The number of esters is 1. The predicted octanol–water partition coefficient (Wildman–Crippen LogP) is 3.09. The molecule has 4 rings (SSSR count). The van der Waals surface area contributed by atoms with E-state index in [0.717, 1.165) is 12.6 Å². The number of Topliss-reactive ketones (excluding diaryl/α,β-unsaturated/α-hetero) is 1. The Balaban J connectivity index is 0.000000850. The Morgan fingerprint density at radius 3 is 2.41 bits per heavy atom. The zero-order chi connectivity index (χ0) is 30.9. The van der Waals surface area contributed by atoms with E-state index < -0.39 is 51.0 Å². The fourth-order valence-electron chi connectivity index (χ4n) is 5.18. The largest absolute Gasteiger partial charge is 0.459 e. The number of ketones is 1. The van der Waals surface area contributed by atoms with E-state index in [-0.39, 0.29) is 42.2 Å². The van der Waals surface area contributed by atoms with Crippen molar-refractivity contribution in [3.05, 3.63) is 46.8 Å². The molecule has 1 heterocycles. The fraction of sp³-hybridized carbons (Fsp3) is 0.500. The van der Waals surface area contributed by atoms with E-state index in [0.29, 0.717) is 30.5 Å². The summed E-state index contributed by atoms with van der Waals surface area (Å²) in [5.74, 6) is -1.82. The fourth-order valence-corrected chi connectivity index (χ4v) is 5.18. The van der Waals surface area contributed by atoms with E-state index in [1.54, 1.807) is 0 Å². The minimum absolute atomic E-state index is 0.0189. The third kappa shape index (κ3) is 8.07. The number of alkyl halides is 3. The number of benzene rings is 1. The molecule has 1 amide bonds. The summed E-state index contributed by atoms with van der Waals surface area (Å²) in [5, 5.41) is 3.20. The summed E-state index contributed by atoms with van der Waals surface area (Å²) >= 11 is 0. The number of nitrogens with zero attached hydrogens (tertiary/aromatic N) is 1. The number of anilines is 1. The summed E-state index contributed by atoms with van der Waals surface area (Å²) in [4.78, 5) is 36.6. The molecule has 2 unspecified atom stereocenters. The Hall–Kier alpha value is -3.43. The third-order valence-corrected chi connectivity index (χ3v) is 6.77. The highest BCUT2D eigenvalue weighted by atomic mass is 32.2. The van der Waals surface area contributed by atoms with Crippen molar-refractivity contribution >= 4 is 33.5 Å². The number of primary amides is 1. The molecule has 6 N–H and O–H groups in total. The highest BCUT2D eigenvalue weighted by molar-refractivity contribution is 7.85. The second-order valence-corrected chi connectivity index (χ2v) is 12.4. The Kier molecular flexibility index (Phi) is 9.25. The predicted molar refractivity (Wildman–Crippen MR) is 143 cm³/mol.